The van der Waals surface area contributed by atoms with Crippen molar-refractivity contribution in [3.8, 4) is 0 Å². The van der Waals surface area contributed by atoms with Crippen LogP contribution in [-0.2, 0) is 4.74 Å². The van der Waals surface area contributed by atoms with Crippen LogP contribution in [0.4, 0.5) is 5.69 Å². The van der Waals surface area contributed by atoms with E-state index in [2.05, 4.69) is 15.3 Å². The lowest BCUT2D eigenvalue weighted by Gasteiger charge is -2.30. The van der Waals surface area contributed by atoms with E-state index in [1.54, 1.807) is 13.1 Å². The third-order valence-corrected chi connectivity index (χ3v) is 4.47. The first-order chi connectivity index (χ1) is 11.2. The zero-order chi connectivity index (χ0) is 16.2. The topological polar surface area (TPSA) is 87.2 Å². The number of aromatic amines is 1. The van der Waals surface area contributed by atoms with Crippen molar-refractivity contribution >= 4 is 22.7 Å². The Bertz CT molecular complexity index is 683. The monoisotopic (exact) mass is 317 g/mol. The number of pyridine rings is 1. The van der Waals surface area contributed by atoms with E-state index < -0.39 is 0 Å². The number of H-pyrrole nitrogens is 1. The van der Waals surface area contributed by atoms with Crippen LogP contribution in [0.15, 0.2) is 18.5 Å². The average molecular weight is 317 g/mol. The van der Waals surface area contributed by atoms with E-state index in [1.165, 1.54) is 0 Å². The molecule has 2 aromatic heterocycles. The second-order valence-corrected chi connectivity index (χ2v) is 6.06. The fourth-order valence-electron chi connectivity index (χ4n) is 3.32. The molecule has 3 rings (SSSR count). The van der Waals surface area contributed by atoms with Crippen molar-refractivity contribution in [1.29, 1.82) is 0 Å². The van der Waals surface area contributed by atoms with E-state index in [9.17, 15) is 9.90 Å². The number of aromatic nitrogens is 2. The Morgan fingerprint density at radius 2 is 2.39 bits per heavy atom. The largest absolute Gasteiger partial charge is 0.462 e. The van der Waals surface area contributed by atoms with E-state index in [-0.39, 0.29) is 18.6 Å². The molecule has 0 radical (unpaired) electrons. The Morgan fingerprint density at radius 3 is 3.17 bits per heavy atom. The lowest BCUT2D eigenvalue weighted by atomic mass is 9.86. The molecule has 124 valence electrons. The van der Waals surface area contributed by atoms with Gasteiger partial charge >= 0.3 is 5.97 Å². The SMILES string of the molecule is CCOC(=O)c1cnc2[nH]ccc2c1N[C@H]1CCC[C@@H](CO)C1. The number of ether oxygens (including phenoxy) is 1. The van der Waals surface area contributed by atoms with Gasteiger partial charge in [-0.3, -0.25) is 0 Å². The minimum Gasteiger partial charge on any atom is -0.462 e. The van der Waals surface area contributed by atoms with E-state index in [4.69, 9.17) is 4.74 Å². The van der Waals surface area contributed by atoms with Gasteiger partial charge in [-0.15, -0.1) is 0 Å². The number of nitrogens with zero attached hydrogens (tertiary/aromatic N) is 1. The van der Waals surface area contributed by atoms with Gasteiger partial charge in [0.05, 0.1) is 12.3 Å². The van der Waals surface area contributed by atoms with Gasteiger partial charge < -0.3 is 20.1 Å². The standard InChI is InChI=1S/C17H23N3O3/c1-2-23-17(22)14-9-19-16-13(6-7-18-16)15(14)20-12-5-3-4-11(8-12)10-21/h6-7,9,11-12,21H,2-5,8,10H2,1H3,(H2,18,19,20)/t11-,12+/m1/s1. The Balaban J connectivity index is 1.92. The molecule has 6 nitrogen and oxygen atoms in total. The molecule has 0 unspecified atom stereocenters. The van der Waals surface area contributed by atoms with Crippen molar-refractivity contribution in [3.63, 3.8) is 0 Å². The zero-order valence-corrected chi connectivity index (χ0v) is 13.3. The number of carbonyl (C=O) groups excluding carboxylic acids is 1. The predicted octanol–water partition coefficient (Wildman–Crippen LogP) is 2.70. The highest BCUT2D eigenvalue weighted by Gasteiger charge is 2.24. The van der Waals surface area contributed by atoms with Crippen molar-refractivity contribution < 1.29 is 14.6 Å². The molecular formula is C17H23N3O3. The van der Waals surface area contributed by atoms with Crippen LogP contribution in [0.5, 0.6) is 0 Å². The molecule has 1 aliphatic carbocycles. The van der Waals surface area contributed by atoms with E-state index >= 15 is 0 Å². The summed E-state index contributed by atoms with van der Waals surface area (Å²) in [7, 11) is 0. The third kappa shape index (κ3) is 3.32. The molecule has 0 aliphatic heterocycles. The van der Waals surface area contributed by atoms with Gasteiger partial charge in [-0.05, 0) is 38.2 Å². The summed E-state index contributed by atoms with van der Waals surface area (Å²) in [5, 5.41) is 13.8. The van der Waals surface area contributed by atoms with Crippen molar-refractivity contribution in [2.24, 2.45) is 5.92 Å². The molecule has 0 amide bonds. The molecule has 0 bridgehead atoms. The van der Waals surface area contributed by atoms with Gasteiger partial charge in [0.25, 0.3) is 0 Å². The van der Waals surface area contributed by atoms with Crippen LogP contribution in [0.1, 0.15) is 43.0 Å². The quantitative estimate of drug-likeness (QED) is 0.738. The molecule has 1 fully saturated rings. The summed E-state index contributed by atoms with van der Waals surface area (Å²) in [4.78, 5) is 19.6. The van der Waals surface area contributed by atoms with Gasteiger partial charge in [0.1, 0.15) is 11.2 Å². The number of nitrogens with one attached hydrogen (secondary N) is 2. The molecule has 0 spiro atoms. The lowest BCUT2D eigenvalue weighted by molar-refractivity contribution is 0.0527. The lowest BCUT2D eigenvalue weighted by Crippen LogP contribution is -2.29. The maximum Gasteiger partial charge on any atom is 0.341 e. The summed E-state index contributed by atoms with van der Waals surface area (Å²) in [5.74, 6) is -0.0315. The van der Waals surface area contributed by atoms with Crippen LogP contribution < -0.4 is 5.32 Å². The van der Waals surface area contributed by atoms with Gasteiger partial charge in [0.2, 0.25) is 0 Å². The average Bonchev–Trinajstić information content (AvgIpc) is 3.04. The van der Waals surface area contributed by atoms with Gasteiger partial charge in [-0.25, -0.2) is 9.78 Å². The molecule has 2 heterocycles. The molecule has 2 atom stereocenters. The Kier molecular flexibility index (Phi) is 4.81. The summed E-state index contributed by atoms with van der Waals surface area (Å²) in [6, 6.07) is 2.16. The Labute approximate surface area is 135 Å². The summed E-state index contributed by atoms with van der Waals surface area (Å²) in [6.07, 6.45) is 7.47. The second kappa shape index (κ2) is 7.00. The molecule has 6 heteroatoms. The second-order valence-electron chi connectivity index (χ2n) is 6.06. The fraction of sp³-hybridized carbons (Fsp3) is 0.529. The van der Waals surface area contributed by atoms with Crippen molar-refractivity contribution in [2.75, 3.05) is 18.5 Å². The zero-order valence-electron chi connectivity index (χ0n) is 13.3. The number of carbonyl (C=O) groups is 1. The molecule has 23 heavy (non-hydrogen) atoms. The molecule has 2 aromatic rings. The Morgan fingerprint density at radius 1 is 1.52 bits per heavy atom. The van der Waals surface area contributed by atoms with Gasteiger partial charge in [-0.1, -0.05) is 6.42 Å². The number of rotatable bonds is 5. The molecular weight excluding hydrogens is 294 g/mol. The van der Waals surface area contributed by atoms with Crippen LogP contribution in [-0.4, -0.2) is 40.3 Å². The maximum absolute atomic E-state index is 12.2. The third-order valence-electron chi connectivity index (χ3n) is 4.47. The van der Waals surface area contributed by atoms with Crippen LogP contribution in [0.25, 0.3) is 11.0 Å². The first-order valence-corrected chi connectivity index (χ1v) is 8.23. The van der Waals surface area contributed by atoms with Gasteiger partial charge in [-0.2, -0.15) is 0 Å². The van der Waals surface area contributed by atoms with Crippen molar-refractivity contribution in [3.05, 3.63) is 24.0 Å². The molecule has 1 saturated carbocycles. The number of aliphatic hydroxyl groups excluding tert-OH is 1. The van der Waals surface area contributed by atoms with E-state index in [1.807, 2.05) is 12.3 Å². The smallest absolute Gasteiger partial charge is 0.341 e. The summed E-state index contributed by atoms with van der Waals surface area (Å²) >= 11 is 0. The van der Waals surface area contributed by atoms with Crippen LogP contribution in [0, 0.1) is 5.92 Å². The van der Waals surface area contributed by atoms with Crippen molar-refractivity contribution in [2.45, 2.75) is 38.6 Å². The van der Waals surface area contributed by atoms with E-state index in [0.717, 1.165) is 42.4 Å². The number of hydrogen-bond donors (Lipinski definition) is 3. The first kappa shape index (κ1) is 15.8. The molecule has 0 saturated heterocycles. The number of aliphatic hydroxyl groups is 1. The van der Waals surface area contributed by atoms with Gasteiger partial charge in [0.15, 0.2) is 0 Å². The first-order valence-electron chi connectivity index (χ1n) is 8.23. The van der Waals surface area contributed by atoms with E-state index in [0.29, 0.717) is 18.1 Å². The normalized spacial score (nSPS) is 21.3. The highest BCUT2D eigenvalue weighted by atomic mass is 16.5. The Hall–Kier alpha value is -2.08. The fourth-order valence-corrected chi connectivity index (χ4v) is 3.32. The summed E-state index contributed by atoms with van der Waals surface area (Å²) in [5.41, 5.74) is 1.98. The highest BCUT2D eigenvalue weighted by Crippen LogP contribution is 2.31. The molecule has 3 N–H and O–H groups in total. The van der Waals surface area contributed by atoms with Crippen molar-refractivity contribution in [1.82, 2.24) is 9.97 Å². The minimum absolute atomic E-state index is 0.221. The highest BCUT2D eigenvalue weighted by molar-refractivity contribution is 6.04. The van der Waals surface area contributed by atoms with Crippen LogP contribution in [0.3, 0.4) is 0 Å². The van der Waals surface area contributed by atoms with Crippen LogP contribution in [0.2, 0.25) is 0 Å². The molecule has 1 aliphatic rings. The summed E-state index contributed by atoms with van der Waals surface area (Å²) < 4.78 is 5.16. The maximum atomic E-state index is 12.2. The number of hydrogen-bond acceptors (Lipinski definition) is 5. The molecule has 0 aromatic carbocycles. The van der Waals surface area contributed by atoms with Gasteiger partial charge in [0, 0.05) is 30.4 Å². The van der Waals surface area contributed by atoms with Crippen LogP contribution >= 0.6 is 0 Å². The minimum atomic E-state index is -0.361. The number of fused-ring (bicyclic) bond motifs is 1. The number of esters is 1. The summed E-state index contributed by atoms with van der Waals surface area (Å²) in [6.45, 7) is 2.35. The number of anilines is 1. The predicted molar refractivity (Wildman–Crippen MR) is 88.5 cm³/mol.